The van der Waals surface area contributed by atoms with Gasteiger partial charge in [-0.05, 0) is 36.7 Å². The van der Waals surface area contributed by atoms with Gasteiger partial charge in [0.25, 0.3) is 0 Å². The summed E-state index contributed by atoms with van der Waals surface area (Å²) in [6, 6.07) is 0.825. The Hall–Kier alpha value is 0.660. The smallest absolute Gasteiger partial charge is 0.0166 e. The Morgan fingerprint density at radius 1 is 1.31 bits per heavy atom. The van der Waals surface area contributed by atoms with Gasteiger partial charge in [-0.15, -0.1) is 0 Å². The van der Waals surface area contributed by atoms with Gasteiger partial charge >= 0.3 is 0 Å². The molecule has 1 unspecified atom stereocenters. The van der Waals surface area contributed by atoms with Gasteiger partial charge in [-0.3, -0.25) is 0 Å². The fraction of sp³-hybridized carbons (Fsp3) is 1.00. The van der Waals surface area contributed by atoms with E-state index >= 15 is 0 Å². The molecular formula is C10H19NS2. The summed E-state index contributed by atoms with van der Waals surface area (Å²) in [5.74, 6) is 6.53. The topological polar surface area (TPSA) is 12.0 Å². The Bertz CT molecular complexity index is 142. The molecule has 0 radical (unpaired) electrons. The van der Waals surface area contributed by atoms with E-state index in [0.29, 0.717) is 0 Å². The lowest BCUT2D eigenvalue weighted by Gasteiger charge is -2.10. The highest BCUT2D eigenvalue weighted by Crippen LogP contribution is 2.32. The summed E-state index contributed by atoms with van der Waals surface area (Å²) < 4.78 is 0. The van der Waals surface area contributed by atoms with Crippen LogP contribution >= 0.6 is 23.5 Å². The monoisotopic (exact) mass is 217 g/mol. The molecule has 0 aromatic carbocycles. The third kappa shape index (κ3) is 4.13. The van der Waals surface area contributed by atoms with Gasteiger partial charge in [-0.1, -0.05) is 0 Å². The molecule has 13 heavy (non-hydrogen) atoms. The molecule has 2 aliphatic rings. The van der Waals surface area contributed by atoms with Crippen molar-refractivity contribution >= 4 is 23.5 Å². The van der Waals surface area contributed by atoms with Crippen molar-refractivity contribution < 1.29 is 0 Å². The van der Waals surface area contributed by atoms with E-state index in [9.17, 15) is 0 Å². The minimum absolute atomic E-state index is 0.825. The standard InChI is InChI=1S/C10H19NS2/c1-2-9(1)7-13-6-4-11-10-3-5-12-8-10/h9-11H,1-8H2. The second-order valence-electron chi connectivity index (χ2n) is 4.03. The summed E-state index contributed by atoms with van der Waals surface area (Å²) in [6.45, 7) is 1.22. The first-order valence-electron chi connectivity index (χ1n) is 5.34. The molecule has 1 aliphatic heterocycles. The number of rotatable bonds is 6. The van der Waals surface area contributed by atoms with Gasteiger partial charge in [0.1, 0.15) is 0 Å². The van der Waals surface area contributed by atoms with Crippen LogP contribution in [0.2, 0.25) is 0 Å². The van der Waals surface area contributed by atoms with Crippen LogP contribution in [-0.4, -0.2) is 35.6 Å². The molecule has 2 rings (SSSR count). The fourth-order valence-electron chi connectivity index (χ4n) is 1.57. The van der Waals surface area contributed by atoms with Crippen molar-refractivity contribution in [1.82, 2.24) is 5.32 Å². The zero-order valence-electron chi connectivity index (χ0n) is 8.13. The van der Waals surface area contributed by atoms with Crippen molar-refractivity contribution in [2.75, 3.05) is 29.6 Å². The van der Waals surface area contributed by atoms with Crippen LogP contribution in [0.5, 0.6) is 0 Å². The normalized spacial score (nSPS) is 28.2. The summed E-state index contributed by atoms with van der Waals surface area (Å²) >= 11 is 4.23. The molecule has 0 amide bonds. The SMILES string of the molecule is C(CSCC1CC1)NC1CCSC1. The lowest BCUT2D eigenvalue weighted by molar-refractivity contribution is 0.581. The number of thioether (sulfide) groups is 2. The van der Waals surface area contributed by atoms with Crippen molar-refractivity contribution in [3.63, 3.8) is 0 Å². The molecule has 1 nitrogen and oxygen atoms in total. The number of nitrogens with one attached hydrogen (secondary N) is 1. The van der Waals surface area contributed by atoms with E-state index in [0.717, 1.165) is 12.0 Å². The van der Waals surface area contributed by atoms with Crippen LogP contribution < -0.4 is 5.32 Å². The van der Waals surface area contributed by atoms with Crippen molar-refractivity contribution in [3.05, 3.63) is 0 Å². The van der Waals surface area contributed by atoms with Crippen molar-refractivity contribution in [1.29, 1.82) is 0 Å². The van der Waals surface area contributed by atoms with Crippen LogP contribution in [0.1, 0.15) is 19.3 Å². The Balaban J connectivity index is 1.39. The van der Waals surface area contributed by atoms with Gasteiger partial charge < -0.3 is 5.32 Å². The third-order valence-corrected chi connectivity index (χ3v) is 5.02. The average Bonchev–Trinajstić information content (AvgIpc) is 2.81. The van der Waals surface area contributed by atoms with E-state index in [4.69, 9.17) is 0 Å². The van der Waals surface area contributed by atoms with E-state index in [1.54, 1.807) is 0 Å². The van der Waals surface area contributed by atoms with Crippen molar-refractivity contribution in [2.45, 2.75) is 25.3 Å². The molecule has 1 saturated carbocycles. The predicted molar refractivity (Wildman–Crippen MR) is 63.8 cm³/mol. The molecule has 0 aromatic heterocycles. The predicted octanol–water partition coefficient (Wildman–Crippen LogP) is 2.22. The van der Waals surface area contributed by atoms with Crippen LogP contribution in [0.15, 0.2) is 0 Å². The average molecular weight is 217 g/mol. The molecule has 0 spiro atoms. The minimum Gasteiger partial charge on any atom is -0.312 e. The van der Waals surface area contributed by atoms with Gasteiger partial charge in [-0.25, -0.2) is 0 Å². The summed E-state index contributed by atoms with van der Waals surface area (Å²) in [7, 11) is 0. The first kappa shape index (κ1) is 10.2. The first-order chi connectivity index (χ1) is 6.45. The molecule has 3 heteroatoms. The number of hydrogen-bond acceptors (Lipinski definition) is 3. The molecule has 2 fully saturated rings. The Morgan fingerprint density at radius 3 is 2.92 bits per heavy atom. The summed E-state index contributed by atoms with van der Waals surface area (Å²) in [4.78, 5) is 0. The molecular weight excluding hydrogens is 198 g/mol. The van der Waals surface area contributed by atoms with Crippen molar-refractivity contribution in [3.8, 4) is 0 Å². The van der Waals surface area contributed by atoms with Crippen LogP contribution in [0.3, 0.4) is 0 Å². The van der Waals surface area contributed by atoms with Crippen LogP contribution in [0, 0.1) is 5.92 Å². The molecule has 1 heterocycles. The molecule has 1 saturated heterocycles. The quantitative estimate of drug-likeness (QED) is 0.685. The van der Waals surface area contributed by atoms with E-state index in [2.05, 4.69) is 28.8 Å². The van der Waals surface area contributed by atoms with Crippen LogP contribution in [-0.2, 0) is 0 Å². The lowest BCUT2D eigenvalue weighted by Crippen LogP contribution is -2.30. The van der Waals surface area contributed by atoms with Gasteiger partial charge in [0.15, 0.2) is 0 Å². The molecule has 1 atom stereocenters. The maximum Gasteiger partial charge on any atom is 0.0166 e. The van der Waals surface area contributed by atoms with E-state index < -0.39 is 0 Å². The second-order valence-corrected chi connectivity index (χ2v) is 6.33. The third-order valence-electron chi connectivity index (χ3n) is 2.66. The summed E-state index contributed by atoms with van der Waals surface area (Å²) in [5.41, 5.74) is 0. The van der Waals surface area contributed by atoms with Gasteiger partial charge in [0, 0.05) is 24.1 Å². The Morgan fingerprint density at radius 2 is 2.23 bits per heavy atom. The maximum absolute atomic E-state index is 3.63. The van der Waals surface area contributed by atoms with Crippen LogP contribution in [0.25, 0.3) is 0 Å². The number of hydrogen-bond donors (Lipinski definition) is 1. The summed E-state index contributed by atoms with van der Waals surface area (Å²) in [6.07, 6.45) is 4.39. The minimum atomic E-state index is 0.825. The first-order valence-corrected chi connectivity index (χ1v) is 7.65. The largest absolute Gasteiger partial charge is 0.312 e. The highest BCUT2D eigenvalue weighted by molar-refractivity contribution is 7.99. The fourth-order valence-corrected chi connectivity index (χ4v) is 3.85. The maximum atomic E-state index is 3.63. The molecule has 1 aliphatic carbocycles. The Kier molecular flexibility index (Phi) is 4.32. The van der Waals surface area contributed by atoms with Crippen molar-refractivity contribution in [2.24, 2.45) is 5.92 Å². The van der Waals surface area contributed by atoms with E-state index in [1.165, 1.54) is 48.8 Å². The molecule has 0 aromatic rings. The second kappa shape index (κ2) is 5.52. The molecule has 1 N–H and O–H groups in total. The van der Waals surface area contributed by atoms with Gasteiger partial charge in [0.2, 0.25) is 0 Å². The molecule has 76 valence electrons. The zero-order valence-corrected chi connectivity index (χ0v) is 9.76. The lowest BCUT2D eigenvalue weighted by atomic mass is 10.3. The highest BCUT2D eigenvalue weighted by atomic mass is 32.2. The highest BCUT2D eigenvalue weighted by Gasteiger charge is 2.20. The summed E-state index contributed by atoms with van der Waals surface area (Å²) in [5, 5.41) is 3.63. The van der Waals surface area contributed by atoms with E-state index in [1.807, 2.05) is 0 Å². The van der Waals surface area contributed by atoms with Gasteiger partial charge in [0.05, 0.1) is 0 Å². The Labute approximate surface area is 89.8 Å². The van der Waals surface area contributed by atoms with Gasteiger partial charge in [-0.2, -0.15) is 23.5 Å². The zero-order chi connectivity index (χ0) is 8.93. The molecule has 0 bridgehead atoms. The van der Waals surface area contributed by atoms with E-state index in [-0.39, 0.29) is 0 Å². The van der Waals surface area contributed by atoms with Crippen LogP contribution in [0.4, 0.5) is 0 Å².